The van der Waals surface area contributed by atoms with Gasteiger partial charge in [0.1, 0.15) is 23.5 Å². The second-order valence-corrected chi connectivity index (χ2v) is 9.14. The number of nitrogens with zero attached hydrogens (tertiary/aromatic N) is 4. The molecule has 2 heterocycles. The van der Waals surface area contributed by atoms with Crippen molar-refractivity contribution in [3.05, 3.63) is 70.0 Å². The molecule has 0 fully saturated rings. The van der Waals surface area contributed by atoms with Gasteiger partial charge < -0.3 is 15.4 Å². The van der Waals surface area contributed by atoms with E-state index in [1.54, 1.807) is 0 Å². The first kappa shape index (κ1) is 25.2. The highest BCUT2D eigenvalue weighted by molar-refractivity contribution is 6.30. The van der Waals surface area contributed by atoms with Crippen molar-refractivity contribution in [2.24, 2.45) is 5.41 Å². The van der Waals surface area contributed by atoms with Gasteiger partial charge in [-0.15, -0.1) is 0 Å². The van der Waals surface area contributed by atoms with E-state index in [4.69, 9.17) is 16.3 Å². The fraction of sp³-hybridized carbons (Fsp3) is 0.333. The molecule has 0 saturated carbocycles. The lowest BCUT2D eigenvalue weighted by molar-refractivity contribution is -0.152. The Kier molecular flexibility index (Phi) is 7.30. The number of carbonyl (C=O) groups is 3. The van der Waals surface area contributed by atoms with Crippen LogP contribution < -0.4 is 10.6 Å². The molecule has 1 aromatic carbocycles. The number of carbonyl (C=O) groups excluding carboxylic acids is 3. The van der Waals surface area contributed by atoms with Crippen LogP contribution in [-0.2, 0) is 16.1 Å². The average molecular weight is 515 g/mol. The highest BCUT2D eigenvalue weighted by Gasteiger charge is 2.35. The van der Waals surface area contributed by atoms with Gasteiger partial charge in [-0.2, -0.15) is 14.6 Å². The second-order valence-electron chi connectivity index (χ2n) is 8.73. The van der Waals surface area contributed by atoms with Crippen molar-refractivity contribution in [2.75, 3.05) is 13.7 Å². The molecule has 36 heavy (non-hydrogen) atoms. The molecule has 0 aliphatic heterocycles. The number of ether oxygens (including phenoxy) is 1. The molecule has 0 spiro atoms. The van der Waals surface area contributed by atoms with Crippen molar-refractivity contribution in [3.8, 4) is 0 Å². The Morgan fingerprint density at radius 1 is 1.19 bits per heavy atom. The maximum absolute atomic E-state index is 13.4. The molecular formula is C24H24ClFN6O4. The van der Waals surface area contributed by atoms with Crippen molar-refractivity contribution < 1.29 is 23.5 Å². The number of methoxy groups -OCH3 is 1. The maximum atomic E-state index is 13.4. The SMILES string of the molecule is COC(=O)C1(C)CC=C(CNC(=O)c2cc(C(=O)NCc3ccc(F)c(Cl)c3)nc3ncnn23)CC1. The second kappa shape index (κ2) is 10.4. The van der Waals surface area contributed by atoms with Crippen molar-refractivity contribution >= 4 is 35.2 Å². The number of halogens is 2. The molecule has 0 bridgehead atoms. The summed E-state index contributed by atoms with van der Waals surface area (Å²) in [5, 5.41) is 9.49. The number of fused-ring (bicyclic) bond motifs is 1. The molecule has 1 unspecified atom stereocenters. The normalized spacial score (nSPS) is 17.4. The standard InChI is InChI=1S/C24H24ClFN6O4/c1-24(22(35)36-2)7-5-14(6-8-24)11-28-21(34)19-10-18(31-23-29-13-30-32(19)23)20(33)27-12-15-3-4-17(26)16(25)9-15/h3-5,9-10,13H,6-8,11-12H2,1-2H3,(H,27,33)(H,28,34). The van der Waals surface area contributed by atoms with E-state index in [1.165, 1.54) is 42.2 Å². The van der Waals surface area contributed by atoms with Crippen LogP contribution in [0.5, 0.6) is 0 Å². The van der Waals surface area contributed by atoms with Gasteiger partial charge in [-0.1, -0.05) is 29.3 Å². The number of esters is 1. The van der Waals surface area contributed by atoms with E-state index in [2.05, 4.69) is 25.7 Å². The first-order chi connectivity index (χ1) is 17.2. The number of hydrogen-bond acceptors (Lipinski definition) is 7. The van der Waals surface area contributed by atoms with Gasteiger partial charge in [0.05, 0.1) is 17.5 Å². The summed E-state index contributed by atoms with van der Waals surface area (Å²) in [6.45, 7) is 2.22. The van der Waals surface area contributed by atoms with Crippen LogP contribution in [0.1, 0.15) is 52.7 Å². The predicted molar refractivity (Wildman–Crippen MR) is 128 cm³/mol. The summed E-state index contributed by atoms with van der Waals surface area (Å²) in [7, 11) is 1.37. The quantitative estimate of drug-likeness (QED) is 0.366. The summed E-state index contributed by atoms with van der Waals surface area (Å²) in [4.78, 5) is 45.9. The van der Waals surface area contributed by atoms with Gasteiger partial charge in [-0.3, -0.25) is 14.4 Å². The van der Waals surface area contributed by atoms with Crippen LogP contribution in [0.2, 0.25) is 5.02 Å². The predicted octanol–water partition coefficient (Wildman–Crippen LogP) is 2.87. The molecule has 3 aromatic rings. The Labute approximate surface area is 210 Å². The zero-order valence-corrected chi connectivity index (χ0v) is 20.4. The lowest BCUT2D eigenvalue weighted by Gasteiger charge is -2.30. The number of aromatic nitrogens is 4. The molecule has 1 atom stereocenters. The van der Waals surface area contributed by atoms with Crippen LogP contribution >= 0.6 is 11.6 Å². The number of hydrogen-bond donors (Lipinski definition) is 2. The molecule has 10 nitrogen and oxygen atoms in total. The average Bonchev–Trinajstić information content (AvgIpc) is 3.36. The topological polar surface area (TPSA) is 128 Å². The van der Waals surface area contributed by atoms with E-state index in [0.717, 1.165) is 5.57 Å². The monoisotopic (exact) mass is 514 g/mol. The van der Waals surface area contributed by atoms with Crippen LogP contribution in [0.4, 0.5) is 4.39 Å². The summed E-state index contributed by atoms with van der Waals surface area (Å²) in [6.07, 6.45) is 4.96. The molecule has 1 aliphatic carbocycles. The van der Waals surface area contributed by atoms with E-state index in [9.17, 15) is 18.8 Å². The zero-order chi connectivity index (χ0) is 25.9. The number of rotatable bonds is 7. The summed E-state index contributed by atoms with van der Waals surface area (Å²) < 4.78 is 19.5. The minimum absolute atomic E-state index is 0.0282. The van der Waals surface area contributed by atoms with Gasteiger partial charge in [0, 0.05) is 19.2 Å². The third-order valence-electron chi connectivity index (χ3n) is 6.15. The number of nitrogens with one attached hydrogen (secondary N) is 2. The number of amides is 2. The van der Waals surface area contributed by atoms with Crippen molar-refractivity contribution in [3.63, 3.8) is 0 Å². The molecular weight excluding hydrogens is 491 g/mol. The zero-order valence-electron chi connectivity index (χ0n) is 19.7. The summed E-state index contributed by atoms with van der Waals surface area (Å²) in [6, 6.07) is 5.46. The smallest absolute Gasteiger partial charge is 0.311 e. The van der Waals surface area contributed by atoms with E-state index in [0.29, 0.717) is 24.8 Å². The van der Waals surface area contributed by atoms with Gasteiger partial charge >= 0.3 is 5.97 Å². The Balaban J connectivity index is 1.45. The van der Waals surface area contributed by atoms with E-state index in [1.807, 2.05) is 13.0 Å². The van der Waals surface area contributed by atoms with Crippen LogP contribution in [0.25, 0.3) is 5.78 Å². The van der Waals surface area contributed by atoms with Crippen LogP contribution in [0, 0.1) is 11.2 Å². The minimum Gasteiger partial charge on any atom is -0.469 e. The molecule has 0 radical (unpaired) electrons. The lowest BCUT2D eigenvalue weighted by atomic mass is 9.76. The highest BCUT2D eigenvalue weighted by atomic mass is 35.5. The maximum Gasteiger partial charge on any atom is 0.311 e. The third kappa shape index (κ3) is 5.35. The van der Waals surface area contributed by atoms with Gasteiger partial charge in [0.2, 0.25) is 0 Å². The van der Waals surface area contributed by atoms with Crippen LogP contribution in [0.3, 0.4) is 0 Å². The van der Waals surface area contributed by atoms with Crippen molar-refractivity contribution in [1.29, 1.82) is 0 Å². The van der Waals surface area contributed by atoms with Crippen molar-refractivity contribution in [1.82, 2.24) is 30.2 Å². The Hall–Kier alpha value is -3.86. The first-order valence-corrected chi connectivity index (χ1v) is 11.6. The Morgan fingerprint density at radius 3 is 2.67 bits per heavy atom. The Bertz CT molecular complexity index is 1370. The summed E-state index contributed by atoms with van der Waals surface area (Å²) in [5.74, 6) is -1.73. The largest absolute Gasteiger partial charge is 0.469 e. The summed E-state index contributed by atoms with van der Waals surface area (Å²) in [5.41, 5.74) is 1.08. The van der Waals surface area contributed by atoms with Gasteiger partial charge in [-0.25, -0.2) is 9.37 Å². The van der Waals surface area contributed by atoms with Gasteiger partial charge in [0.25, 0.3) is 17.6 Å². The van der Waals surface area contributed by atoms with Gasteiger partial charge in [-0.05, 0) is 43.9 Å². The van der Waals surface area contributed by atoms with E-state index in [-0.39, 0.29) is 41.2 Å². The van der Waals surface area contributed by atoms with Crippen LogP contribution in [0.15, 0.2) is 42.2 Å². The highest BCUT2D eigenvalue weighted by Crippen LogP contribution is 2.35. The van der Waals surface area contributed by atoms with Crippen LogP contribution in [-0.4, -0.2) is 51.0 Å². The van der Waals surface area contributed by atoms with E-state index < -0.39 is 23.0 Å². The fourth-order valence-corrected chi connectivity index (χ4v) is 4.10. The third-order valence-corrected chi connectivity index (χ3v) is 6.44. The molecule has 2 aromatic heterocycles. The minimum atomic E-state index is -0.568. The molecule has 1 aliphatic rings. The summed E-state index contributed by atoms with van der Waals surface area (Å²) >= 11 is 5.79. The first-order valence-electron chi connectivity index (χ1n) is 11.2. The molecule has 188 valence electrons. The number of allylic oxidation sites excluding steroid dienone is 1. The fourth-order valence-electron chi connectivity index (χ4n) is 3.90. The van der Waals surface area contributed by atoms with Gasteiger partial charge in [0.15, 0.2) is 0 Å². The molecule has 2 amide bonds. The van der Waals surface area contributed by atoms with Crippen molar-refractivity contribution in [2.45, 2.75) is 32.7 Å². The lowest BCUT2D eigenvalue weighted by Crippen LogP contribution is -2.33. The molecule has 4 rings (SSSR count). The number of benzene rings is 1. The molecule has 12 heteroatoms. The Morgan fingerprint density at radius 2 is 1.97 bits per heavy atom. The van der Waals surface area contributed by atoms with E-state index >= 15 is 0 Å². The molecule has 0 saturated heterocycles. The molecule has 2 N–H and O–H groups in total.